The van der Waals surface area contributed by atoms with Crippen LogP contribution >= 0.6 is 0 Å². The van der Waals surface area contributed by atoms with Crippen molar-refractivity contribution in [3.05, 3.63) is 78.0 Å². The Kier molecular flexibility index (Phi) is 6.67. The van der Waals surface area contributed by atoms with Crippen molar-refractivity contribution in [3.63, 3.8) is 0 Å². The normalized spacial score (nSPS) is 13.5. The lowest BCUT2D eigenvalue weighted by molar-refractivity contribution is -0.137. The first-order valence-corrected chi connectivity index (χ1v) is 10.9. The Morgan fingerprint density at radius 2 is 1.85 bits per heavy atom. The molecule has 1 aliphatic rings. The van der Waals surface area contributed by atoms with E-state index in [1.807, 2.05) is 29.9 Å². The van der Waals surface area contributed by atoms with Gasteiger partial charge in [-0.05, 0) is 49.2 Å². The first-order valence-electron chi connectivity index (χ1n) is 10.9. The molecule has 3 aromatic rings. The number of aromatic nitrogens is 1. The highest BCUT2D eigenvalue weighted by atomic mass is 19.4. The summed E-state index contributed by atoms with van der Waals surface area (Å²) in [6.45, 7) is 0.240. The van der Waals surface area contributed by atoms with Gasteiger partial charge in [0.25, 0.3) is 0 Å². The number of furan rings is 1. The van der Waals surface area contributed by atoms with E-state index in [9.17, 15) is 22.8 Å². The zero-order chi connectivity index (χ0) is 24.3. The van der Waals surface area contributed by atoms with Gasteiger partial charge in [0.1, 0.15) is 12.3 Å². The maximum atomic E-state index is 13.3. The van der Waals surface area contributed by atoms with Crippen LogP contribution in [0.1, 0.15) is 29.9 Å². The van der Waals surface area contributed by atoms with Crippen molar-refractivity contribution in [2.45, 2.75) is 38.1 Å². The van der Waals surface area contributed by atoms with Crippen LogP contribution in [0.25, 0.3) is 0 Å². The van der Waals surface area contributed by atoms with E-state index in [2.05, 4.69) is 5.32 Å². The zero-order valence-electron chi connectivity index (χ0n) is 18.6. The molecule has 1 aliphatic carbocycles. The number of aryl methyl sites for hydroxylation is 1. The van der Waals surface area contributed by atoms with Gasteiger partial charge in [0, 0.05) is 25.0 Å². The van der Waals surface area contributed by atoms with Crippen LogP contribution in [0.5, 0.6) is 0 Å². The number of urea groups is 1. The predicted octanol–water partition coefficient (Wildman–Crippen LogP) is 4.86. The van der Waals surface area contributed by atoms with Gasteiger partial charge in [-0.3, -0.25) is 4.79 Å². The molecule has 0 aliphatic heterocycles. The molecule has 1 fully saturated rings. The summed E-state index contributed by atoms with van der Waals surface area (Å²) in [6, 6.07) is 11.1. The SMILES string of the molecule is Cn1cccc1CN(Cc1ccco1)C(=O)CN(C(=O)Nc1ccccc1C(F)(F)F)C1CC1. The van der Waals surface area contributed by atoms with Crippen LogP contribution < -0.4 is 5.32 Å². The highest BCUT2D eigenvalue weighted by Crippen LogP contribution is 2.35. The van der Waals surface area contributed by atoms with Gasteiger partial charge in [-0.2, -0.15) is 13.2 Å². The molecule has 4 rings (SSSR count). The summed E-state index contributed by atoms with van der Waals surface area (Å²) in [7, 11) is 1.87. The maximum Gasteiger partial charge on any atom is 0.418 e. The Hall–Kier alpha value is -3.69. The predicted molar refractivity (Wildman–Crippen MR) is 119 cm³/mol. The van der Waals surface area contributed by atoms with Crippen molar-refractivity contribution >= 4 is 17.6 Å². The van der Waals surface area contributed by atoms with Crippen molar-refractivity contribution in [2.24, 2.45) is 7.05 Å². The average molecular weight is 474 g/mol. The van der Waals surface area contributed by atoms with Crippen LogP contribution in [-0.2, 0) is 31.1 Å². The number of hydrogen-bond donors (Lipinski definition) is 1. The molecule has 7 nitrogen and oxygen atoms in total. The summed E-state index contributed by atoms with van der Waals surface area (Å²) in [5, 5.41) is 2.36. The van der Waals surface area contributed by atoms with Gasteiger partial charge in [-0.25, -0.2) is 4.79 Å². The minimum absolute atomic E-state index is 0.192. The van der Waals surface area contributed by atoms with Gasteiger partial charge in [0.05, 0.1) is 30.6 Å². The molecule has 0 atom stereocenters. The number of halogens is 3. The molecule has 0 saturated heterocycles. The third-order valence-corrected chi connectivity index (χ3v) is 5.71. The highest BCUT2D eigenvalue weighted by Gasteiger charge is 2.37. The van der Waals surface area contributed by atoms with Crippen molar-refractivity contribution in [1.29, 1.82) is 0 Å². The quantitative estimate of drug-likeness (QED) is 0.507. The molecule has 1 aromatic carbocycles. The number of nitrogens with zero attached hydrogens (tertiary/aromatic N) is 3. The highest BCUT2D eigenvalue weighted by molar-refractivity contribution is 5.93. The van der Waals surface area contributed by atoms with Gasteiger partial charge in [-0.15, -0.1) is 0 Å². The van der Waals surface area contributed by atoms with E-state index in [1.54, 1.807) is 17.0 Å². The van der Waals surface area contributed by atoms with E-state index in [1.165, 1.54) is 29.4 Å². The van der Waals surface area contributed by atoms with Gasteiger partial charge in [-0.1, -0.05) is 12.1 Å². The van der Waals surface area contributed by atoms with Crippen molar-refractivity contribution in [1.82, 2.24) is 14.4 Å². The number of alkyl halides is 3. The van der Waals surface area contributed by atoms with Gasteiger partial charge in [0.2, 0.25) is 5.91 Å². The molecule has 2 aromatic heterocycles. The summed E-state index contributed by atoms with van der Waals surface area (Å²) in [4.78, 5) is 29.2. The first-order chi connectivity index (χ1) is 16.2. The maximum absolute atomic E-state index is 13.3. The van der Waals surface area contributed by atoms with Crippen LogP contribution in [0.4, 0.5) is 23.7 Å². The number of nitrogens with one attached hydrogen (secondary N) is 1. The number of para-hydroxylation sites is 1. The molecule has 0 spiro atoms. The van der Waals surface area contributed by atoms with Gasteiger partial charge in [0.15, 0.2) is 0 Å². The van der Waals surface area contributed by atoms with E-state index < -0.39 is 17.8 Å². The zero-order valence-corrected chi connectivity index (χ0v) is 18.6. The summed E-state index contributed by atoms with van der Waals surface area (Å²) < 4.78 is 47.3. The molecule has 1 N–H and O–H groups in total. The summed E-state index contributed by atoms with van der Waals surface area (Å²) in [5.41, 5.74) is -0.385. The standard InChI is InChI=1S/C24H25F3N4O3/c1-29-12-4-6-18(29)14-30(15-19-7-5-13-34-19)22(32)16-31(17-10-11-17)23(33)28-21-9-3-2-8-20(21)24(25,26)27/h2-9,12-13,17H,10-11,14-16H2,1H3,(H,28,33). The minimum Gasteiger partial charge on any atom is -0.467 e. The monoisotopic (exact) mass is 474 g/mol. The third kappa shape index (κ3) is 5.62. The van der Waals surface area contributed by atoms with Crippen LogP contribution in [-0.4, -0.2) is 38.9 Å². The summed E-state index contributed by atoms with van der Waals surface area (Å²) >= 11 is 0. The summed E-state index contributed by atoms with van der Waals surface area (Å²) in [6.07, 6.45) is 0.156. The lowest BCUT2D eigenvalue weighted by atomic mass is 10.1. The van der Waals surface area contributed by atoms with E-state index in [-0.39, 0.29) is 30.7 Å². The van der Waals surface area contributed by atoms with Gasteiger partial charge >= 0.3 is 12.2 Å². The molecule has 10 heteroatoms. The van der Waals surface area contributed by atoms with Gasteiger partial charge < -0.3 is 24.1 Å². The molecular formula is C24H25F3N4O3. The van der Waals surface area contributed by atoms with Crippen molar-refractivity contribution in [3.8, 4) is 0 Å². The number of rotatable bonds is 8. The van der Waals surface area contributed by atoms with Crippen LogP contribution in [0.3, 0.4) is 0 Å². The minimum atomic E-state index is -4.61. The Morgan fingerprint density at radius 3 is 2.47 bits per heavy atom. The summed E-state index contributed by atoms with van der Waals surface area (Å²) in [5.74, 6) is 0.257. The van der Waals surface area contributed by atoms with E-state index >= 15 is 0 Å². The van der Waals surface area contributed by atoms with E-state index in [4.69, 9.17) is 4.42 Å². The second-order valence-electron chi connectivity index (χ2n) is 8.27. The molecular weight excluding hydrogens is 449 g/mol. The fourth-order valence-corrected chi connectivity index (χ4v) is 3.70. The van der Waals surface area contributed by atoms with Crippen LogP contribution in [0.15, 0.2) is 65.4 Å². The number of carbonyl (C=O) groups excluding carboxylic acids is 2. The molecule has 0 radical (unpaired) electrons. The number of hydrogen-bond acceptors (Lipinski definition) is 3. The third-order valence-electron chi connectivity index (χ3n) is 5.71. The number of benzene rings is 1. The number of carbonyl (C=O) groups is 2. The number of amides is 3. The Labute approximate surface area is 194 Å². The molecule has 180 valence electrons. The Balaban J connectivity index is 1.51. The van der Waals surface area contributed by atoms with E-state index in [0.29, 0.717) is 25.1 Å². The molecule has 2 heterocycles. The molecule has 3 amide bonds. The topological polar surface area (TPSA) is 70.7 Å². The second-order valence-corrected chi connectivity index (χ2v) is 8.27. The second kappa shape index (κ2) is 9.66. The Bertz CT molecular complexity index is 1140. The lowest BCUT2D eigenvalue weighted by Gasteiger charge is -2.28. The van der Waals surface area contributed by atoms with Crippen molar-refractivity contribution in [2.75, 3.05) is 11.9 Å². The average Bonchev–Trinajstić information content (AvgIpc) is 3.34. The lowest BCUT2D eigenvalue weighted by Crippen LogP contribution is -2.45. The number of anilines is 1. The molecule has 34 heavy (non-hydrogen) atoms. The van der Waals surface area contributed by atoms with E-state index in [0.717, 1.165) is 11.8 Å². The molecule has 0 bridgehead atoms. The van der Waals surface area contributed by atoms with Crippen molar-refractivity contribution < 1.29 is 27.2 Å². The first kappa shape index (κ1) is 23.5. The van der Waals surface area contributed by atoms with Crippen LogP contribution in [0.2, 0.25) is 0 Å². The molecule has 0 unspecified atom stereocenters. The fourth-order valence-electron chi connectivity index (χ4n) is 3.70. The molecule has 1 saturated carbocycles. The smallest absolute Gasteiger partial charge is 0.418 e. The largest absolute Gasteiger partial charge is 0.467 e. The Morgan fingerprint density at radius 1 is 1.09 bits per heavy atom. The fraction of sp³-hybridized carbons (Fsp3) is 0.333. The van der Waals surface area contributed by atoms with Crippen LogP contribution in [0, 0.1) is 0 Å².